The van der Waals surface area contributed by atoms with E-state index in [1.165, 1.54) is 32.0 Å². The maximum absolute atomic E-state index is 14.3. The summed E-state index contributed by atoms with van der Waals surface area (Å²) in [4.78, 5) is 21.9. The molecule has 24 heavy (non-hydrogen) atoms. The fraction of sp³-hybridized carbons (Fsp3) is 0.267. The predicted molar refractivity (Wildman–Crippen MR) is 78.3 cm³/mol. The molecule has 0 N–H and O–H groups in total. The van der Waals surface area contributed by atoms with Crippen LogP contribution in [0.5, 0.6) is 0 Å². The number of nitro groups is 1. The minimum absolute atomic E-state index is 0.105. The zero-order valence-corrected chi connectivity index (χ0v) is 12.6. The van der Waals surface area contributed by atoms with Crippen LogP contribution in [0.4, 0.5) is 23.2 Å². The van der Waals surface area contributed by atoms with Gasteiger partial charge in [-0.1, -0.05) is 18.2 Å². The molecule has 2 rings (SSSR count). The van der Waals surface area contributed by atoms with Crippen LogP contribution in [0.1, 0.15) is 11.3 Å². The van der Waals surface area contributed by atoms with Crippen molar-refractivity contribution in [2.24, 2.45) is 0 Å². The first-order valence-electron chi connectivity index (χ1n) is 6.74. The van der Waals surface area contributed by atoms with Crippen LogP contribution in [0.25, 0.3) is 11.1 Å². The molecular weight excluding hydrogens is 332 g/mol. The molecule has 2 aromatic rings. The van der Waals surface area contributed by atoms with Gasteiger partial charge in [-0.3, -0.25) is 19.5 Å². The smallest absolute Gasteiger partial charge is 0.297 e. The van der Waals surface area contributed by atoms with Gasteiger partial charge in [0.05, 0.1) is 4.92 Å². The lowest BCUT2D eigenvalue weighted by atomic mass is 10.0. The summed E-state index contributed by atoms with van der Waals surface area (Å²) in [6.07, 6.45) is -4.76. The fourth-order valence-corrected chi connectivity index (χ4v) is 2.37. The normalized spacial score (nSPS) is 11.6. The highest BCUT2D eigenvalue weighted by Crippen LogP contribution is 2.30. The van der Waals surface area contributed by atoms with Crippen molar-refractivity contribution < 1.29 is 22.5 Å². The van der Waals surface area contributed by atoms with Crippen LogP contribution >= 0.6 is 0 Å². The minimum atomic E-state index is -4.76. The van der Waals surface area contributed by atoms with E-state index in [2.05, 4.69) is 0 Å². The summed E-state index contributed by atoms with van der Waals surface area (Å²) in [7, 11) is 0. The Balaban J connectivity index is 2.84. The minimum Gasteiger partial charge on any atom is -0.297 e. The Morgan fingerprint density at radius 2 is 1.83 bits per heavy atom. The molecule has 5 nitrogen and oxygen atoms in total. The predicted octanol–water partition coefficient (Wildman–Crippen LogP) is 3.74. The number of benzene rings is 1. The van der Waals surface area contributed by atoms with Crippen LogP contribution in [-0.2, 0) is 6.54 Å². The molecular formula is C15H12F4N2O3. The van der Waals surface area contributed by atoms with Gasteiger partial charge in [-0.05, 0) is 19.4 Å². The lowest BCUT2D eigenvalue weighted by molar-refractivity contribution is -0.386. The Bertz CT molecular complexity index is 872. The van der Waals surface area contributed by atoms with E-state index in [1.54, 1.807) is 0 Å². The number of nitrogens with zero attached hydrogens (tertiary/aromatic N) is 2. The topological polar surface area (TPSA) is 65.1 Å². The Morgan fingerprint density at radius 1 is 1.21 bits per heavy atom. The van der Waals surface area contributed by atoms with Gasteiger partial charge >= 0.3 is 17.4 Å². The standard InChI is InChI=1S/C15H12F4N2O3/c1-8-4-3-5-10(13(8)16)11-6-12(21(23)24)14(22)20(9(11)2)7-15(17,18)19/h3-6H,7H2,1-2H3. The van der Waals surface area contributed by atoms with E-state index >= 15 is 0 Å². The van der Waals surface area contributed by atoms with Crippen molar-refractivity contribution in [3.8, 4) is 11.1 Å². The molecule has 0 saturated heterocycles. The molecule has 0 aliphatic heterocycles. The van der Waals surface area contributed by atoms with Crippen molar-refractivity contribution >= 4 is 5.69 Å². The SMILES string of the molecule is Cc1cccc(-c2cc([N+](=O)[O-])c(=O)n(CC(F)(F)F)c2C)c1F. The highest BCUT2D eigenvalue weighted by molar-refractivity contribution is 5.69. The third-order valence-electron chi connectivity index (χ3n) is 3.56. The largest absolute Gasteiger partial charge is 0.406 e. The molecule has 1 aromatic heterocycles. The quantitative estimate of drug-likeness (QED) is 0.484. The Hall–Kier alpha value is -2.71. The van der Waals surface area contributed by atoms with E-state index in [4.69, 9.17) is 0 Å². The Morgan fingerprint density at radius 3 is 2.38 bits per heavy atom. The summed E-state index contributed by atoms with van der Waals surface area (Å²) in [5.41, 5.74) is -2.64. The maximum Gasteiger partial charge on any atom is 0.406 e. The van der Waals surface area contributed by atoms with Crippen LogP contribution < -0.4 is 5.56 Å². The highest BCUT2D eigenvalue weighted by atomic mass is 19.4. The highest BCUT2D eigenvalue weighted by Gasteiger charge is 2.32. The zero-order valence-electron chi connectivity index (χ0n) is 12.6. The van der Waals surface area contributed by atoms with Crippen LogP contribution in [0.15, 0.2) is 29.1 Å². The number of hydrogen-bond donors (Lipinski definition) is 0. The van der Waals surface area contributed by atoms with E-state index < -0.39 is 34.7 Å². The molecule has 0 bridgehead atoms. The Kier molecular flexibility index (Phi) is 4.46. The first kappa shape index (κ1) is 17.6. The van der Waals surface area contributed by atoms with E-state index in [1.807, 2.05) is 0 Å². The molecule has 128 valence electrons. The number of rotatable bonds is 3. The van der Waals surface area contributed by atoms with Crippen molar-refractivity contribution in [1.82, 2.24) is 4.57 Å². The second-order valence-corrected chi connectivity index (χ2v) is 5.23. The van der Waals surface area contributed by atoms with Gasteiger partial charge < -0.3 is 0 Å². The monoisotopic (exact) mass is 344 g/mol. The van der Waals surface area contributed by atoms with Gasteiger partial charge in [0.2, 0.25) is 0 Å². The molecule has 0 radical (unpaired) electrons. The molecule has 0 atom stereocenters. The molecule has 0 spiro atoms. The van der Waals surface area contributed by atoms with Crippen molar-refractivity contribution in [3.05, 3.63) is 61.8 Å². The Labute approximate surface area is 133 Å². The lowest BCUT2D eigenvalue weighted by Crippen LogP contribution is -2.31. The average molecular weight is 344 g/mol. The number of pyridine rings is 1. The van der Waals surface area contributed by atoms with E-state index in [9.17, 15) is 32.5 Å². The molecule has 0 amide bonds. The van der Waals surface area contributed by atoms with Gasteiger partial charge in [0.25, 0.3) is 0 Å². The summed E-state index contributed by atoms with van der Waals surface area (Å²) in [6, 6.07) is 5.02. The van der Waals surface area contributed by atoms with Gasteiger partial charge in [0.15, 0.2) is 0 Å². The first-order chi connectivity index (χ1) is 11.0. The molecule has 0 saturated carbocycles. The molecule has 1 aromatic carbocycles. The lowest BCUT2D eigenvalue weighted by Gasteiger charge is -2.16. The summed E-state index contributed by atoms with van der Waals surface area (Å²) in [5.74, 6) is -0.716. The van der Waals surface area contributed by atoms with Gasteiger partial charge in [-0.15, -0.1) is 0 Å². The number of hydrogen-bond acceptors (Lipinski definition) is 3. The van der Waals surface area contributed by atoms with Gasteiger partial charge in [0, 0.05) is 22.9 Å². The third-order valence-corrected chi connectivity index (χ3v) is 3.56. The summed E-state index contributed by atoms with van der Waals surface area (Å²) < 4.78 is 52.7. The summed E-state index contributed by atoms with van der Waals surface area (Å²) >= 11 is 0. The molecule has 0 aliphatic rings. The molecule has 0 aliphatic carbocycles. The third kappa shape index (κ3) is 3.29. The van der Waals surface area contributed by atoms with Crippen molar-refractivity contribution in [1.29, 1.82) is 0 Å². The van der Waals surface area contributed by atoms with Gasteiger partial charge in [-0.25, -0.2) is 4.39 Å². The van der Waals surface area contributed by atoms with Crippen LogP contribution in [0, 0.1) is 29.8 Å². The van der Waals surface area contributed by atoms with Gasteiger partial charge in [-0.2, -0.15) is 13.2 Å². The first-order valence-corrected chi connectivity index (χ1v) is 6.74. The fourth-order valence-electron chi connectivity index (χ4n) is 2.37. The molecule has 1 heterocycles. The second kappa shape index (κ2) is 6.06. The van der Waals surface area contributed by atoms with Crippen molar-refractivity contribution in [2.45, 2.75) is 26.6 Å². The van der Waals surface area contributed by atoms with Crippen molar-refractivity contribution in [3.63, 3.8) is 0 Å². The van der Waals surface area contributed by atoms with Crippen LogP contribution in [0.2, 0.25) is 0 Å². The molecule has 0 unspecified atom stereocenters. The number of halogens is 4. The molecule has 9 heteroatoms. The number of alkyl halides is 3. The summed E-state index contributed by atoms with van der Waals surface area (Å²) in [5, 5.41) is 11.0. The van der Waals surface area contributed by atoms with Crippen LogP contribution in [-0.4, -0.2) is 15.7 Å². The molecule has 0 fully saturated rings. The van der Waals surface area contributed by atoms with E-state index in [0.29, 0.717) is 0 Å². The van der Waals surface area contributed by atoms with E-state index in [-0.39, 0.29) is 27.0 Å². The van der Waals surface area contributed by atoms with Gasteiger partial charge in [0.1, 0.15) is 12.4 Å². The zero-order chi connectivity index (χ0) is 18.2. The number of aromatic nitrogens is 1. The number of aryl methyl sites for hydroxylation is 1. The van der Waals surface area contributed by atoms with E-state index in [0.717, 1.165) is 6.07 Å². The van der Waals surface area contributed by atoms with Crippen molar-refractivity contribution in [2.75, 3.05) is 0 Å². The maximum atomic E-state index is 14.3. The van der Waals surface area contributed by atoms with Crippen LogP contribution in [0.3, 0.4) is 0 Å². The second-order valence-electron chi connectivity index (χ2n) is 5.23. The summed E-state index contributed by atoms with van der Waals surface area (Å²) in [6.45, 7) is 0.946. The average Bonchev–Trinajstić information content (AvgIpc) is 2.46.